The fourth-order valence-corrected chi connectivity index (χ4v) is 2.76. The Bertz CT molecular complexity index is 785. The summed E-state index contributed by atoms with van der Waals surface area (Å²) in [5, 5.41) is 7.97. The summed E-state index contributed by atoms with van der Waals surface area (Å²) in [5.41, 5.74) is 2.15. The molecule has 0 atom stereocenters. The van der Waals surface area contributed by atoms with Crippen LogP contribution in [0.1, 0.15) is 5.82 Å². The van der Waals surface area contributed by atoms with Crippen LogP contribution in [0.25, 0.3) is 11.0 Å². The van der Waals surface area contributed by atoms with Crippen LogP contribution in [-0.4, -0.2) is 24.3 Å². The van der Waals surface area contributed by atoms with Crippen LogP contribution in [0.3, 0.4) is 0 Å². The minimum absolute atomic E-state index is 0.732. The van der Waals surface area contributed by atoms with Crippen molar-refractivity contribution in [3.8, 4) is 0 Å². The SMILES string of the molecule is Cn1cnnc1CCn1c(=S)[nH]c2cc(Br)ccc21. The summed E-state index contributed by atoms with van der Waals surface area (Å²) in [6.07, 6.45) is 2.51. The second-order valence-corrected chi connectivity index (χ2v) is 5.65. The number of nitrogens with one attached hydrogen (secondary N) is 1. The molecule has 0 amide bonds. The van der Waals surface area contributed by atoms with Gasteiger partial charge >= 0.3 is 0 Å². The molecular weight excluding hydrogens is 326 g/mol. The minimum Gasteiger partial charge on any atom is -0.331 e. The van der Waals surface area contributed by atoms with E-state index < -0.39 is 0 Å². The lowest BCUT2D eigenvalue weighted by atomic mass is 10.3. The number of nitrogens with zero attached hydrogens (tertiary/aromatic N) is 4. The van der Waals surface area contributed by atoms with Crippen molar-refractivity contribution in [2.24, 2.45) is 7.05 Å². The van der Waals surface area contributed by atoms with Gasteiger partial charge in [-0.1, -0.05) is 15.9 Å². The number of H-pyrrole nitrogens is 1. The molecule has 19 heavy (non-hydrogen) atoms. The number of hydrogen-bond acceptors (Lipinski definition) is 3. The predicted molar refractivity (Wildman–Crippen MR) is 79.5 cm³/mol. The molecular formula is C12H12BrN5S. The van der Waals surface area contributed by atoms with Crippen molar-refractivity contribution in [2.75, 3.05) is 0 Å². The van der Waals surface area contributed by atoms with E-state index in [9.17, 15) is 0 Å². The van der Waals surface area contributed by atoms with E-state index in [-0.39, 0.29) is 0 Å². The van der Waals surface area contributed by atoms with Gasteiger partial charge in [-0.2, -0.15) is 0 Å². The topological polar surface area (TPSA) is 51.4 Å². The van der Waals surface area contributed by atoms with E-state index in [1.54, 1.807) is 6.33 Å². The Kier molecular flexibility index (Phi) is 3.24. The molecule has 0 fully saturated rings. The molecule has 3 rings (SSSR count). The number of aromatic amines is 1. The van der Waals surface area contributed by atoms with Crippen LogP contribution >= 0.6 is 28.1 Å². The summed E-state index contributed by atoms with van der Waals surface area (Å²) in [6.45, 7) is 0.785. The number of rotatable bonds is 3. The van der Waals surface area contributed by atoms with Crippen molar-refractivity contribution in [1.29, 1.82) is 0 Å². The molecule has 5 nitrogen and oxygen atoms in total. The van der Waals surface area contributed by atoms with Gasteiger partial charge in [-0.25, -0.2) is 0 Å². The van der Waals surface area contributed by atoms with Gasteiger partial charge in [0.25, 0.3) is 0 Å². The van der Waals surface area contributed by atoms with Gasteiger partial charge in [0.15, 0.2) is 4.77 Å². The molecule has 98 valence electrons. The summed E-state index contributed by atoms with van der Waals surface area (Å²) in [5.74, 6) is 0.952. The van der Waals surface area contributed by atoms with E-state index in [0.29, 0.717) is 0 Å². The molecule has 3 aromatic rings. The fraction of sp³-hybridized carbons (Fsp3) is 0.250. The Hall–Kier alpha value is -1.47. The second-order valence-electron chi connectivity index (χ2n) is 4.35. The highest BCUT2D eigenvalue weighted by Crippen LogP contribution is 2.19. The first-order valence-corrected chi connectivity index (χ1v) is 7.06. The van der Waals surface area contributed by atoms with Crippen LogP contribution < -0.4 is 0 Å². The lowest BCUT2D eigenvalue weighted by Gasteiger charge is -2.04. The smallest absolute Gasteiger partial charge is 0.178 e. The van der Waals surface area contributed by atoms with E-state index in [2.05, 4.69) is 41.7 Å². The summed E-state index contributed by atoms with van der Waals surface area (Å²) >= 11 is 8.83. The van der Waals surface area contributed by atoms with Gasteiger partial charge < -0.3 is 14.1 Å². The zero-order valence-corrected chi connectivity index (χ0v) is 12.7. The van der Waals surface area contributed by atoms with Gasteiger partial charge in [0.05, 0.1) is 11.0 Å². The van der Waals surface area contributed by atoms with Crippen molar-refractivity contribution < 1.29 is 0 Å². The summed E-state index contributed by atoms with van der Waals surface area (Å²) in [6, 6.07) is 6.11. The predicted octanol–water partition coefficient (Wildman–Crippen LogP) is 2.83. The first-order chi connectivity index (χ1) is 9.15. The van der Waals surface area contributed by atoms with E-state index in [1.807, 2.05) is 23.7 Å². The fourth-order valence-electron chi connectivity index (χ4n) is 2.10. The van der Waals surface area contributed by atoms with Gasteiger partial charge in [0.1, 0.15) is 12.2 Å². The lowest BCUT2D eigenvalue weighted by molar-refractivity contribution is 0.656. The third-order valence-corrected chi connectivity index (χ3v) is 3.92. The molecule has 0 radical (unpaired) electrons. The maximum atomic E-state index is 5.37. The van der Waals surface area contributed by atoms with Crippen molar-refractivity contribution in [1.82, 2.24) is 24.3 Å². The average molecular weight is 338 g/mol. The minimum atomic E-state index is 0.732. The van der Waals surface area contributed by atoms with Gasteiger partial charge in [-0.3, -0.25) is 0 Å². The highest BCUT2D eigenvalue weighted by molar-refractivity contribution is 9.10. The van der Waals surface area contributed by atoms with Crippen LogP contribution in [0.4, 0.5) is 0 Å². The number of halogens is 1. The first-order valence-electron chi connectivity index (χ1n) is 5.86. The normalized spacial score (nSPS) is 11.3. The maximum Gasteiger partial charge on any atom is 0.178 e. The Morgan fingerprint density at radius 1 is 1.42 bits per heavy atom. The van der Waals surface area contributed by atoms with E-state index in [1.165, 1.54) is 0 Å². The van der Waals surface area contributed by atoms with Crippen molar-refractivity contribution in [2.45, 2.75) is 13.0 Å². The third-order valence-electron chi connectivity index (χ3n) is 3.10. The Morgan fingerprint density at radius 2 is 2.26 bits per heavy atom. The van der Waals surface area contributed by atoms with Crippen molar-refractivity contribution in [3.63, 3.8) is 0 Å². The van der Waals surface area contributed by atoms with E-state index in [0.717, 1.165) is 39.1 Å². The van der Waals surface area contributed by atoms with Crippen LogP contribution in [0.5, 0.6) is 0 Å². The quantitative estimate of drug-likeness (QED) is 0.747. The van der Waals surface area contributed by atoms with Crippen molar-refractivity contribution >= 4 is 39.2 Å². The zero-order valence-electron chi connectivity index (χ0n) is 10.3. The van der Waals surface area contributed by atoms with Crippen LogP contribution in [0.15, 0.2) is 29.0 Å². The third kappa shape index (κ3) is 2.35. The van der Waals surface area contributed by atoms with Crippen LogP contribution in [-0.2, 0) is 20.0 Å². The Labute approximate surface area is 123 Å². The number of imidazole rings is 1. The van der Waals surface area contributed by atoms with Crippen LogP contribution in [0, 0.1) is 4.77 Å². The second kappa shape index (κ2) is 4.90. The summed E-state index contributed by atoms with van der Waals surface area (Å²) < 4.78 is 5.79. The molecule has 0 aliphatic rings. The molecule has 2 heterocycles. The number of fused-ring (bicyclic) bond motifs is 1. The van der Waals surface area contributed by atoms with Gasteiger partial charge in [0.2, 0.25) is 0 Å². The molecule has 0 saturated heterocycles. The van der Waals surface area contributed by atoms with Crippen LogP contribution in [0.2, 0.25) is 0 Å². The highest BCUT2D eigenvalue weighted by Gasteiger charge is 2.07. The number of aromatic nitrogens is 5. The monoisotopic (exact) mass is 337 g/mol. The average Bonchev–Trinajstić information content (AvgIpc) is 2.90. The first kappa shape index (κ1) is 12.6. The standard InChI is InChI=1S/C12H12BrN5S/c1-17-7-14-16-11(17)4-5-18-10-3-2-8(13)6-9(10)15-12(18)19/h2-3,6-7H,4-5H2,1H3,(H,15,19). The molecule has 0 aliphatic carbocycles. The van der Waals surface area contributed by atoms with E-state index >= 15 is 0 Å². The molecule has 7 heteroatoms. The summed E-state index contributed by atoms with van der Waals surface area (Å²) in [7, 11) is 1.95. The molecule has 0 bridgehead atoms. The number of hydrogen-bond donors (Lipinski definition) is 1. The zero-order chi connectivity index (χ0) is 13.4. The Balaban J connectivity index is 1.95. The molecule has 0 aliphatic heterocycles. The highest BCUT2D eigenvalue weighted by atomic mass is 79.9. The lowest BCUT2D eigenvalue weighted by Crippen LogP contribution is -2.05. The maximum absolute atomic E-state index is 5.37. The van der Waals surface area contributed by atoms with Gasteiger partial charge in [-0.15, -0.1) is 10.2 Å². The van der Waals surface area contributed by atoms with Gasteiger partial charge in [0, 0.05) is 24.5 Å². The van der Waals surface area contributed by atoms with Crippen molar-refractivity contribution in [3.05, 3.63) is 39.6 Å². The Morgan fingerprint density at radius 3 is 3.00 bits per heavy atom. The molecule has 0 saturated carbocycles. The van der Waals surface area contributed by atoms with E-state index in [4.69, 9.17) is 12.2 Å². The molecule has 1 aromatic carbocycles. The molecule has 0 spiro atoms. The molecule has 0 unspecified atom stereocenters. The largest absolute Gasteiger partial charge is 0.331 e. The molecule has 2 aromatic heterocycles. The number of aryl methyl sites for hydroxylation is 3. The number of benzene rings is 1. The molecule has 1 N–H and O–H groups in total. The summed E-state index contributed by atoms with van der Waals surface area (Å²) in [4.78, 5) is 3.22. The van der Waals surface area contributed by atoms with Gasteiger partial charge in [-0.05, 0) is 30.4 Å².